The number of benzene rings is 1. The summed E-state index contributed by atoms with van der Waals surface area (Å²) in [7, 11) is -3.49. The number of primary amides is 1. The van der Waals surface area contributed by atoms with Crippen LogP contribution in [-0.2, 0) is 39.6 Å². The Kier molecular flexibility index (Phi) is 11.5. The van der Waals surface area contributed by atoms with Crippen molar-refractivity contribution in [2.45, 2.75) is 105 Å². The summed E-state index contributed by atoms with van der Waals surface area (Å²) in [6, 6.07) is 8.26. The molecule has 1 heterocycles. The van der Waals surface area contributed by atoms with E-state index in [9.17, 15) is 32.4 Å². The van der Waals surface area contributed by atoms with Crippen LogP contribution in [0, 0.1) is 52.3 Å². The number of hydrogen-bond donors (Lipinski definition) is 1. The van der Waals surface area contributed by atoms with Gasteiger partial charge in [0.2, 0.25) is 11.7 Å². The number of hydrogen-bond acceptors (Lipinski definition) is 7. The summed E-state index contributed by atoms with van der Waals surface area (Å²) in [6.45, 7) is 14.1. The molecule has 4 rings (SSSR count). The molecule has 0 bridgehead atoms. The molecule has 48 heavy (non-hydrogen) atoms. The second-order valence-electron chi connectivity index (χ2n) is 16.9. The summed E-state index contributed by atoms with van der Waals surface area (Å²) in [6.07, 6.45) is 3.30. The molecule has 9 nitrogen and oxygen atoms in total. The van der Waals surface area contributed by atoms with Crippen LogP contribution in [0.15, 0.2) is 30.3 Å². The van der Waals surface area contributed by atoms with E-state index in [0.29, 0.717) is 18.5 Å². The normalized spacial score (nSPS) is 23.9. The predicted octanol–water partition coefficient (Wildman–Crippen LogP) is 5.19. The second-order valence-corrected chi connectivity index (χ2v) is 19.0. The third-order valence-electron chi connectivity index (χ3n) is 11.6. The van der Waals surface area contributed by atoms with Crippen LogP contribution in [-0.4, -0.2) is 60.8 Å². The Labute approximate surface area is 287 Å². The quantitative estimate of drug-likeness (QED) is 0.222. The highest BCUT2D eigenvalue weighted by Crippen LogP contribution is 2.65. The second kappa shape index (κ2) is 14.5. The van der Waals surface area contributed by atoms with Crippen molar-refractivity contribution in [1.82, 2.24) is 4.90 Å². The Hall–Kier alpha value is -2.88. The monoisotopic (exact) mass is 684 g/mol. The molecular weight excluding hydrogens is 628 g/mol. The van der Waals surface area contributed by atoms with Gasteiger partial charge >= 0.3 is 0 Å². The van der Waals surface area contributed by atoms with Crippen LogP contribution in [0.25, 0.3) is 0 Å². The van der Waals surface area contributed by atoms with E-state index in [1.165, 1.54) is 0 Å². The van der Waals surface area contributed by atoms with Gasteiger partial charge in [0.25, 0.3) is 5.91 Å². The average molecular weight is 685 g/mol. The van der Waals surface area contributed by atoms with E-state index >= 15 is 0 Å². The van der Waals surface area contributed by atoms with Gasteiger partial charge in [-0.25, -0.2) is 8.42 Å². The Bertz CT molecular complexity index is 1490. The van der Waals surface area contributed by atoms with Crippen LogP contribution in [0.5, 0.6) is 0 Å². The fourth-order valence-corrected chi connectivity index (χ4v) is 10.1. The summed E-state index contributed by atoms with van der Waals surface area (Å²) >= 11 is 0. The van der Waals surface area contributed by atoms with Gasteiger partial charge in [-0.2, -0.15) is 0 Å². The molecule has 2 N–H and O–H groups in total. The van der Waals surface area contributed by atoms with E-state index in [0.717, 1.165) is 19.3 Å². The number of sulfone groups is 1. The molecule has 2 unspecified atom stereocenters. The molecule has 0 aromatic heterocycles. The molecule has 1 saturated heterocycles. The summed E-state index contributed by atoms with van der Waals surface area (Å²) in [5.74, 6) is -4.21. The molecule has 2 saturated carbocycles. The first kappa shape index (κ1) is 37.9. The topological polar surface area (TPSA) is 149 Å². The molecule has 3 aliphatic rings. The highest BCUT2D eigenvalue weighted by molar-refractivity contribution is 7.90. The average Bonchev–Trinajstić information content (AvgIpc) is 3.27. The van der Waals surface area contributed by atoms with Crippen LogP contribution in [0.1, 0.15) is 99.0 Å². The number of likely N-dealkylation sites (tertiary alicyclic amines) is 1. The van der Waals surface area contributed by atoms with Gasteiger partial charge in [-0.3, -0.25) is 24.0 Å². The van der Waals surface area contributed by atoms with Crippen LogP contribution in [0.2, 0.25) is 0 Å². The van der Waals surface area contributed by atoms with Crippen LogP contribution >= 0.6 is 0 Å². The molecule has 1 aromatic rings. The zero-order valence-electron chi connectivity index (χ0n) is 29.9. The number of nitrogens with zero attached hydrogens (tertiary/aromatic N) is 1. The highest BCUT2D eigenvalue weighted by Gasteiger charge is 2.69. The lowest BCUT2D eigenvalue weighted by atomic mass is 9.75. The molecule has 6 atom stereocenters. The van der Waals surface area contributed by atoms with E-state index in [2.05, 4.69) is 13.8 Å². The summed E-state index contributed by atoms with van der Waals surface area (Å²) in [4.78, 5) is 68.5. The standard InChI is InChI=1S/C38H56N2O7S/c1-23(2)27(22-48(46,47)21-25-12-9-8-10-13-25)17-28(41)19-29(37(3,4)5)36(45)40-20-30-32(38(30,6)7)33(40)31(42)18-26(34(43)35(39)44)16-24-14-11-15-24/h8-10,12-13,23-24,26-27,29-30,32-33H,11,14-22H2,1-7H3,(H2,39,44)/t26?,27-,29-,30?,32+,33-/m1/s1. The van der Waals surface area contributed by atoms with Gasteiger partial charge in [0.15, 0.2) is 15.6 Å². The highest BCUT2D eigenvalue weighted by atomic mass is 32.2. The Morgan fingerprint density at radius 1 is 0.979 bits per heavy atom. The molecule has 0 spiro atoms. The van der Waals surface area contributed by atoms with E-state index in [-0.39, 0.29) is 77.3 Å². The van der Waals surface area contributed by atoms with Gasteiger partial charge in [0.05, 0.1) is 17.5 Å². The first-order valence-corrected chi connectivity index (χ1v) is 19.5. The lowest BCUT2D eigenvalue weighted by Crippen LogP contribution is -2.51. The van der Waals surface area contributed by atoms with Crippen molar-refractivity contribution in [1.29, 1.82) is 0 Å². The Morgan fingerprint density at radius 3 is 2.12 bits per heavy atom. The summed E-state index contributed by atoms with van der Waals surface area (Å²) in [5, 5.41) is 0. The largest absolute Gasteiger partial charge is 0.363 e. The third-order valence-corrected chi connectivity index (χ3v) is 13.3. The van der Waals surface area contributed by atoms with E-state index in [1.54, 1.807) is 29.2 Å². The molecule has 10 heteroatoms. The Balaban J connectivity index is 1.50. The van der Waals surface area contributed by atoms with Gasteiger partial charge in [0, 0.05) is 37.6 Å². The minimum absolute atomic E-state index is 0.0459. The molecular formula is C38H56N2O7S. The first-order chi connectivity index (χ1) is 22.2. The lowest BCUT2D eigenvalue weighted by Gasteiger charge is -2.38. The number of amides is 2. The van der Waals surface area contributed by atoms with Crippen LogP contribution in [0.3, 0.4) is 0 Å². The fraction of sp³-hybridized carbons (Fsp3) is 0.711. The minimum atomic E-state index is -3.49. The summed E-state index contributed by atoms with van der Waals surface area (Å²) < 4.78 is 26.3. The number of piperidine rings is 1. The van der Waals surface area contributed by atoms with Crippen molar-refractivity contribution < 1.29 is 32.4 Å². The fourth-order valence-electron chi connectivity index (χ4n) is 8.13. The van der Waals surface area contributed by atoms with Crippen molar-refractivity contribution >= 4 is 39.0 Å². The van der Waals surface area contributed by atoms with Gasteiger partial charge in [-0.1, -0.05) is 98.1 Å². The molecule has 2 aliphatic carbocycles. The van der Waals surface area contributed by atoms with E-state index in [4.69, 9.17) is 5.73 Å². The zero-order valence-corrected chi connectivity index (χ0v) is 30.7. The number of carbonyl (C=O) groups excluding carboxylic acids is 5. The number of ketones is 3. The SMILES string of the molecule is CC(C)[C@H](CC(=O)C[C@H](C(=O)N1CC2[C@@H]([C@H]1C(=O)CC(CC1CCC1)C(=O)C(N)=O)C2(C)C)C(C)(C)C)CS(=O)(=O)Cc1ccccc1. The molecule has 3 fully saturated rings. The number of Topliss-reactive ketones (excluding diaryl/α,β-unsaturated/α-hetero) is 3. The maximum absolute atomic E-state index is 14.4. The van der Waals surface area contributed by atoms with Crippen molar-refractivity contribution in [3.63, 3.8) is 0 Å². The Morgan fingerprint density at radius 2 is 1.60 bits per heavy atom. The van der Waals surface area contributed by atoms with Crippen LogP contribution in [0.4, 0.5) is 0 Å². The third kappa shape index (κ3) is 8.82. The molecule has 0 radical (unpaired) electrons. The minimum Gasteiger partial charge on any atom is -0.363 e. The maximum Gasteiger partial charge on any atom is 0.285 e. The maximum atomic E-state index is 14.4. The van der Waals surface area contributed by atoms with E-state index in [1.807, 2.05) is 40.7 Å². The van der Waals surface area contributed by atoms with Gasteiger partial charge < -0.3 is 10.6 Å². The van der Waals surface area contributed by atoms with E-state index < -0.39 is 50.7 Å². The van der Waals surface area contributed by atoms with Crippen molar-refractivity contribution in [3.05, 3.63) is 35.9 Å². The van der Waals surface area contributed by atoms with Gasteiger partial charge in [0.1, 0.15) is 5.78 Å². The number of fused-ring (bicyclic) bond motifs is 1. The van der Waals surface area contributed by atoms with Gasteiger partial charge in [-0.05, 0) is 52.4 Å². The zero-order chi connectivity index (χ0) is 35.8. The predicted molar refractivity (Wildman–Crippen MR) is 185 cm³/mol. The lowest BCUT2D eigenvalue weighted by molar-refractivity contribution is -0.148. The number of rotatable bonds is 17. The summed E-state index contributed by atoms with van der Waals surface area (Å²) in [5.41, 5.74) is 5.33. The smallest absolute Gasteiger partial charge is 0.285 e. The number of carbonyl (C=O) groups is 5. The molecule has 1 aliphatic heterocycles. The number of nitrogens with two attached hydrogens (primary N) is 1. The molecule has 2 amide bonds. The van der Waals surface area contributed by atoms with Crippen molar-refractivity contribution in [2.24, 2.45) is 58.0 Å². The van der Waals surface area contributed by atoms with Crippen LogP contribution < -0.4 is 5.73 Å². The van der Waals surface area contributed by atoms with Gasteiger partial charge in [-0.15, -0.1) is 0 Å². The first-order valence-electron chi connectivity index (χ1n) is 17.7. The molecule has 266 valence electrons. The van der Waals surface area contributed by atoms with Crippen molar-refractivity contribution in [2.75, 3.05) is 12.3 Å². The molecule has 1 aromatic carbocycles. The van der Waals surface area contributed by atoms with Crippen molar-refractivity contribution in [3.8, 4) is 0 Å².